The fraction of sp³-hybridized carbons (Fsp3) is 0.526. The van der Waals surface area contributed by atoms with E-state index in [4.69, 9.17) is 4.74 Å². The van der Waals surface area contributed by atoms with Gasteiger partial charge in [0, 0.05) is 19.0 Å². The van der Waals surface area contributed by atoms with Gasteiger partial charge in [0.25, 0.3) is 5.91 Å². The van der Waals surface area contributed by atoms with E-state index in [9.17, 15) is 22.8 Å². The molecule has 2 amide bonds. The first-order chi connectivity index (χ1) is 13.2. The number of likely N-dealkylation sites (tertiary alicyclic amines) is 1. The zero-order chi connectivity index (χ0) is 20.3. The summed E-state index contributed by atoms with van der Waals surface area (Å²) in [5, 5.41) is 2.57. The molecule has 3 atom stereocenters. The number of esters is 1. The van der Waals surface area contributed by atoms with Crippen LogP contribution >= 0.6 is 0 Å². The molecule has 0 unspecified atom stereocenters. The molecule has 3 rings (SSSR count). The topological polar surface area (TPSA) is 110 Å². The Kier molecular flexibility index (Phi) is 6.02. The lowest BCUT2D eigenvalue weighted by Crippen LogP contribution is -2.39. The quantitative estimate of drug-likeness (QED) is 0.684. The van der Waals surface area contributed by atoms with Gasteiger partial charge in [0.2, 0.25) is 5.91 Å². The van der Waals surface area contributed by atoms with Crippen LogP contribution in [0, 0.1) is 5.92 Å². The number of carbonyl (C=O) groups is 3. The van der Waals surface area contributed by atoms with Crippen LogP contribution in [0.1, 0.15) is 31.4 Å². The van der Waals surface area contributed by atoms with E-state index >= 15 is 0 Å². The van der Waals surface area contributed by atoms with Gasteiger partial charge >= 0.3 is 5.97 Å². The van der Waals surface area contributed by atoms with E-state index in [1.165, 1.54) is 0 Å². The summed E-state index contributed by atoms with van der Waals surface area (Å²) in [7, 11) is -3.09. The van der Waals surface area contributed by atoms with E-state index in [-0.39, 0.29) is 36.4 Å². The first-order valence-electron chi connectivity index (χ1n) is 9.26. The molecule has 2 aliphatic rings. The van der Waals surface area contributed by atoms with E-state index in [1.54, 1.807) is 4.90 Å². The fourth-order valence-corrected chi connectivity index (χ4v) is 5.28. The molecule has 9 heteroatoms. The molecular formula is C19H24N2O6S. The maximum Gasteiger partial charge on any atom is 0.311 e. The lowest BCUT2D eigenvalue weighted by Gasteiger charge is -2.25. The van der Waals surface area contributed by atoms with Crippen molar-refractivity contribution in [1.82, 2.24) is 10.2 Å². The van der Waals surface area contributed by atoms with Crippen LogP contribution in [-0.2, 0) is 29.0 Å². The van der Waals surface area contributed by atoms with Crippen molar-refractivity contribution in [2.75, 3.05) is 24.7 Å². The molecular weight excluding hydrogens is 384 g/mol. The van der Waals surface area contributed by atoms with Gasteiger partial charge in [-0.15, -0.1) is 0 Å². The average Bonchev–Trinajstić information content (AvgIpc) is 3.21. The molecule has 2 aliphatic heterocycles. The maximum absolute atomic E-state index is 12.3. The summed E-state index contributed by atoms with van der Waals surface area (Å²) >= 11 is 0. The lowest BCUT2D eigenvalue weighted by molar-refractivity contribution is -0.152. The largest absolute Gasteiger partial charge is 0.455 e. The SMILES string of the molecule is C[C@@H](c1ccccc1)N1C[C@@H](C(=O)OCC(=O)N[C@@H]2CCS(=O)(=O)C2)CC1=O. The molecule has 8 nitrogen and oxygen atoms in total. The third-order valence-electron chi connectivity index (χ3n) is 5.18. The number of benzene rings is 1. The fourth-order valence-electron chi connectivity index (χ4n) is 3.61. The van der Waals surface area contributed by atoms with Gasteiger partial charge in [-0.3, -0.25) is 14.4 Å². The van der Waals surface area contributed by atoms with E-state index in [0.29, 0.717) is 6.42 Å². The van der Waals surface area contributed by atoms with Gasteiger partial charge in [-0.05, 0) is 18.9 Å². The summed E-state index contributed by atoms with van der Waals surface area (Å²) in [6, 6.07) is 8.95. The van der Waals surface area contributed by atoms with Gasteiger partial charge in [-0.2, -0.15) is 0 Å². The summed E-state index contributed by atoms with van der Waals surface area (Å²) in [5.74, 6) is -1.90. The Morgan fingerprint density at radius 3 is 2.64 bits per heavy atom. The van der Waals surface area contributed by atoms with Gasteiger partial charge in [0.05, 0.1) is 23.5 Å². The van der Waals surface area contributed by atoms with Crippen molar-refractivity contribution < 1.29 is 27.5 Å². The molecule has 1 N–H and O–H groups in total. The zero-order valence-electron chi connectivity index (χ0n) is 15.7. The molecule has 0 aliphatic carbocycles. The van der Waals surface area contributed by atoms with Crippen molar-refractivity contribution >= 4 is 27.6 Å². The number of nitrogens with one attached hydrogen (secondary N) is 1. The monoisotopic (exact) mass is 408 g/mol. The van der Waals surface area contributed by atoms with Crippen molar-refractivity contribution in [3.05, 3.63) is 35.9 Å². The summed E-state index contributed by atoms with van der Waals surface area (Å²) in [4.78, 5) is 38.1. The van der Waals surface area contributed by atoms with E-state index < -0.39 is 40.3 Å². The minimum absolute atomic E-state index is 0.0529. The molecule has 28 heavy (non-hydrogen) atoms. The molecule has 0 saturated carbocycles. The number of sulfone groups is 1. The standard InChI is InChI=1S/C19H24N2O6S/c1-13(14-5-3-2-4-6-14)21-10-15(9-18(21)23)19(24)27-11-17(22)20-16-7-8-28(25,26)12-16/h2-6,13,15-16H,7-12H2,1H3,(H,20,22)/t13-,15-,16+/m0/s1. The van der Waals surface area contributed by atoms with Gasteiger partial charge in [0.15, 0.2) is 16.4 Å². The predicted octanol–water partition coefficient (Wildman–Crippen LogP) is 0.443. The third-order valence-corrected chi connectivity index (χ3v) is 6.95. The van der Waals surface area contributed by atoms with E-state index in [1.807, 2.05) is 37.3 Å². The first kappa shape index (κ1) is 20.3. The number of nitrogens with zero attached hydrogens (tertiary/aromatic N) is 1. The van der Waals surface area contributed by atoms with Crippen LogP contribution in [0.15, 0.2) is 30.3 Å². The second kappa shape index (κ2) is 8.30. The molecule has 152 valence electrons. The molecule has 1 aromatic carbocycles. The van der Waals surface area contributed by atoms with Crippen molar-refractivity contribution in [2.45, 2.75) is 31.8 Å². The Balaban J connectivity index is 1.47. The highest BCUT2D eigenvalue weighted by molar-refractivity contribution is 7.91. The summed E-state index contributed by atoms with van der Waals surface area (Å²) in [6.07, 6.45) is 0.421. The van der Waals surface area contributed by atoms with Crippen molar-refractivity contribution in [3.63, 3.8) is 0 Å². The molecule has 2 saturated heterocycles. The van der Waals surface area contributed by atoms with Gasteiger partial charge in [-0.1, -0.05) is 30.3 Å². The van der Waals surface area contributed by atoms with Crippen LogP contribution in [0.3, 0.4) is 0 Å². The Labute approximate surface area is 164 Å². The Hall–Kier alpha value is -2.42. The van der Waals surface area contributed by atoms with Crippen LogP contribution in [-0.4, -0.2) is 61.8 Å². The first-order valence-corrected chi connectivity index (χ1v) is 11.1. The lowest BCUT2D eigenvalue weighted by atomic mass is 10.1. The summed E-state index contributed by atoms with van der Waals surface area (Å²) in [6.45, 7) is 1.68. The van der Waals surface area contributed by atoms with Crippen molar-refractivity contribution in [2.24, 2.45) is 5.92 Å². The third kappa shape index (κ3) is 4.89. The number of hydrogen-bond donors (Lipinski definition) is 1. The summed E-state index contributed by atoms with van der Waals surface area (Å²) in [5.41, 5.74) is 0.982. The van der Waals surface area contributed by atoms with Crippen LogP contribution in [0.2, 0.25) is 0 Å². The van der Waals surface area contributed by atoms with Gasteiger partial charge < -0.3 is 15.0 Å². The number of hydrogen-bond acceptors (Lipinski definition) is 6. The van der Waals surface area contributed by atoms with Crippen LogP contribution in [0.25, 0.3) is 0 Å². The van der Waals surface area contributed by atoms with Gasteiger partial charge in [-0.25, -0.2) is 8.42 Å². The smallest absolute Gasteiger partial charge is 0.311 e. The normalized spacial score (nSPS) is 24.8. The molecule has 0 aromatic heterocycles. The summed E-state index contributed by atoms with van der Waals surface area (Å²) < 4.78 is 27.9. The highest BCUT2D eigenvalue weighted by Gasteiger charge is 2.38. The van der Waals surface area contributed by atoms with Gasteiger partial charge in [0.1, 0.15) is 0 Å². The highest BCUT2D eigenvalue weighted by Crippen LogP contribution is 2.28. The molecule has 0 bridgehead atoms. The zero-order valence-corrected chi connectivity index (χ0v) is 16.5. The van der Waals surface area contributed by atoms with Crippen LogP contribution in [0.4, 0.5) is 0 Å². The maximum atomic E-state index is 12.3. The van der Waals surface area contributed by atoms with Crippen molar-refractivity contribution in [1.29, 1.82) is 0 Å². The van der Waals surface area contributed by atoms with E-state index in [0.717, 1.165) is 5.56 Å². The second-order valence-electron chi connectivity index (χ2n) is 7.31. The number of amides is 2. The minimum Gasteiger partial charge on any atom is -0.455 e. The highest BCUT2D eigenvalue weighted by atomic mass is 32.2. The Morgan fingerprint density at radius 1 is 1.29 bits per heavy atom. The van der Waals surface area contributed by atoms with E-state index in [2.05, 4.69) is 5.32 Å². The second-order valence-corrected chi connectivity index (χ2v) is 9.54. The molecule has 2 heterocycles. The molecule has 0 spiro atoms. The average molecular weight is 408 g/mol. The number of ether oxygens (including phenoxy) is 1. The predicted molar refractivity (Wildman–Crippen MR) is 101 cm³/mol. The number of carbonyl (C=O) groups excluding carboxylic acids is 3. The molecule has 0 radical (unpaired) electrons. The van der Waals surface area contributed by atoms with Crippen LogP contribution in [0.5, 0.6) is 0 Å². The Bertz CT molecular complexity index is 854. The minimum atomic E-state index is -3.09. The molecule has 2 fully saturated rings. The van der Waals surface area contributed by atoms with Crippen LogP contribution < -0.4 is 5.32 Å². The number of rotatable bonds is 6. The van der Waals surface area contributed by atoms with Crippen molar-refractivity contribution in [3.8, 4) is 0 Å². The molecule has 1 aromatic rings. The Morgan fingerprint density at radius 2 is 2.00 bits per heavy atom.